The van der Waals surface area contributed by atoms with E-state index < -0.39 is 36.9 Å². The number of allylic oxidation sites excluding steroid dienone is 10. The molecule has 6 nitrogen and oxygen atoms in total. The summed E-state index contributed by atoms with van der Waals surface area (Å²) in [5.41, 5.74) is 0. The lowest BCUT2D eigenvalue weighted by Gasteiger charge is -2.27. The highest BCUT2D eigenvalue weighted by molar-refractivity contribution is 5.80. The fraction of sp³-hybridized carbons (Fsp3) is 0.820. The molecule has 67 heavy (non-hydrogen) atoms. The Kier molecular flexibility index (Phi) is 53.3. The molecule has 0 aromatic heterocycles. The molecule has 4 unspecified atom stereocenters. The highest BCUT2D eigenvalue weighted by atomic mass is 16.3. The first-order valence-electron chi connectivity index (χ1n) is 29.2. The number of amides is 1. The first-order chi connectivity index (χ1) is 33.0. The molecule has 0 saturated heterocycles. The van der Waals surface area contributed by atoms with Gasteiger partial charge in [0.05, 0.1) is 18.8 Å². The number of hydrogen-bond acceptors (Lipinski definition) is 5. The van der Waals surface area contributed by atoms with Crippen molar-refractivity contribution in [2.45, 2.75) is 314 Å². The molecular formula is C61H113NO5. The van der Waals surface area contributed by atoms with Gasteiger partial charge in [0.2, 0.25) is 5.91 Å². The first kappa shape index (κ1) is 65.0. The molecule has 0 saturated carbocycles. The van der Waals surface area contributed by atoms with Gasteiger partial charge in [-0.3, -0.25) is 4.79 Å². The number of aliphatic hydroxyl groups is 4. The van der Waals surface area contributed by atoms with E-state index in [-0.39, 0.29) is 0 Å². The van der Waals surface area contributed by atoms with E-state index in [4.69, 9.17) is 0 Å². The van der Waals surface area contributed by atoms with Crippen molar-refractivity contribution in [1.29, 1.82) is 0 Å². The van der Waals surface area contributed by atoms with Crippen LogP contribution in [0.15, 0.2) is 60.8 Å². The third-order valence-electron chi connectivity index (χ3n) is 13.4. The van der Waals surface area contributed by atoms with Crippen molar-refractivity contribution in [3.63, 3.8) is 0 Å². The van der Waals surface area contributed by atoms with Crippen LogP contribution in [0.1, 0.15) is 290 Å². The summed E-state index contributed by atoms with van der Waals surface area (Å²) in [7, 11) is 0. The lowest BCUT2D eigenvalue weighted by Crippen LogP contribution is -2.53. The zero-order chi connectivity index (χ0) is 48.8. The summed E-state index contributed by atoms with van der Waals surface area (Å²) >= 11 is 0. The molecule has 5 N–H and O–H groups in total. The van der Waals surface area contributed by atoms with Crippen LogP contribution in [0.4, 0.5) is 0 Å². The molecule has 1 amide bonds. The Labute approximate surface area is 416 Å². The molecule has 0 aromatic carbocycles. The predicted octanol–water partition coefficient (Wildman–Crippen LogP) is 17.1. The Balaban J connectivity index is 3.73. The van der Waals surface area contributed by atoms with Gasteiger partial charge in [0.1, 0.15) is 12.2 Å². The maximum absolute atomic E-state index is 12.6. The van der Waals surface area contributed by atoms with E-state index in [1.165, 1.54) is 193 Å². The van der Waals surface area contributed by atoms with Gasteiger partial charge in [0.15, 0.2) is 0 Å². The van der Waals surface area contributed by atoms with E-state index in [2.05, 4.69) is 79.9 Å². The van der Waals surface area contributed by atoms with Gasteiger partial charge in [-0.1, -0.05) is 254 Å². The van der Waals surface area contributed by atoms with E-state index in [0.717, 1.165) is 64.2 Å². The Hall–Kier alpha value is -1.99. The van der Waals surface area contributed by atoms with Gasteiger partial charge >= 0.3 is 0 Å². The summed E-state index contributed by atoms with van der Waals surface area (Å²) in [6, 6.07) is -1.02. The molecule has 0 spiro atoms. The molecule has 0 radical (unpaired) electrons. The highest BCUT2D eigenvalue weighted by Gasteiger charge is 2.28. The van der Waals surface area contributed by atoms with Crippen LogP contribution in [0.5, 0.6) is 0 Å². The largest absolute Gasteiger partial charge is 0.394 e. The van der Waals surface area contributed by atoms with Crippen molar-refractivity contribution >= 4 is 5.91 Å². The van der Waals surface area contributed by atoms with Crippen LogP contribution >= 0.6 is 0 Å². The van der Waals surface area contributed by atoms with Crippen molar-refractivity contribution in [3.8, 4) is 0 Å². The molecule has 4 atom stereocenters. The number of unbranched alkanes of at least 4 members (excludes halogenated alkanes) is 34. The normalized spacial score (nSPS) is 14.2. The molecule has 392 valence electrons. The van der Waals surface area contributed by atoms with E-state index >= 15 is 0 Å². The van der Waals surface area contributed by atoms with E-state index in [0.29, 0.717) is 19.3 Å². The minimum absolute atomic E-state index is 0.350. The maximum Gasteiger partial charge on any atom is 0.249 e. The predicted molar refractivity (Wildman–Crippen MR) is 293 cm³/mol. The molecule has 0 aliphatic heterocycles. The van der Waals surface area contributed by atoms with Gasteiger partial charge in [0.25, 0.3) is 0 Å². The molecule has 0 heterocycles. The quantitative estimate of drug-likeness (QED) is 0.0308. The molecule has 0 fully saturated rings. The number of hydrogen-bond donors (Lipinski definition) is 5. The third-order valence-corrected chi connectivity index (χ3v) is 13.4. The van der Waals surface area contributed by atoms with Gasteiger partial charge in [-0.15, -0.1) is 0 Å². The monoisotopic (exact) mass is 940 g/mol. The van der Waals surface area contributed by atoms with Gasteiger partial charge in [-0.2, -0.15) is 0 Å². The second-order valence-electron chi connectivity index (χ2n) is 20.0. The van der Waals surface area contributed by atoms with Crippen molar-refractivity contribution in [2.24, 2.45) is 0 Å². The molecule has 0 aromatic rings. The molecular weight excluding hydrogens is 827 g/mol. The van der Waals surface area contributed by atoms with Crippen LogP contribution in [0.3, 0.4) is 0 Å². The van der Waals surface area contributed by atoms with E-state index in [9.17, 15) is 25.2 Å². The van der Waals surface area contributed by atoms with Crippen molar-refractivity contribution < 1.29 is 25.2 Å². The summed E-state index contributed by atoms with van der Waals surface area (Å²) < 4.78 is 0. The fourth-order valence-electron chi connectivity index (χ4n) is 8.82. The fourth-order valence-corrected chi connectivity index (χ4v) is 8.82. The van der Waals surface area contributed by atoms with Crippen LogP contribution < -0.4 is 5.32 Å². The summed E-state index contributed by atoms with van der Waals surface area (Å²) in [4.78, 5) is 12.6. The van der Waals surface area contributed by atoms with Crippen LogP contribution in [-0.4, -0.2) is 57.3 Å². The van der Waals surface area contributed by atoms with E-state index in [1.807, 2.05) is 0 Å². The summed E-state index contributed by atoms with van der Waals surface area (Å²) in [6.45, 7) is 4.06. The Morgan fingerprint density at radius 3 is 1.03 bits per heavy atom. The van der Waals surface area contributed by atoms with Crippen LogP contribution in [-0.2, 0) is 4.79 Å². The van der Waals surface area contributed by atoms with E-state index in [1.54, 1.807) is 0 Å². The first-order valence-corrected chi connectivity index (χ1v) is 29.2. The zero-order valence-corrected chi connectivity index (χ0v) is 44.4. The standard InChI is InChI=1S/C61H113NO5/c1-3-5-7-9-11-13-15-17-19-21-23-25-27-29-30-31-33-34-36-38-40-42-44-46-48-50-52-54-58(64)60(66)57(56-63)62-61(67)59(65)55-53-51-49-47-45-43-41-39-37-35-32-28-26-24-22-20-18-16-14-12-10-8-6-4-2/h24,26,31-33,35,38,40,46,48,57-60,63-66H,3-23,25,27-30,34,36-37,39,41-45,47,49-56H2,1-2H3,(H,62,67)/b26-24-,33-31+,35-32-,40-38+,48-46+. The minimum Gasteiger partial charge on any atom is -0.394 e. The molecule has 0 rings (SSSR count). The van der Waals surface area contributed by atoms with Crippen molar-refractivity contribution in [2.75, 3.05) is 6.61 Å². The van der Waals surface area contributed by atoms with Crippen LogP contribution in [0.25, 0.3) is 0 Å². The number of rotatable bonds is 53. The van der Waals surface area contributed by atoms with Crippen molar-refractivity contribution in [3.05, 3.63) is 60.8 Å². The van der Waals surface area contributed by atoms with Gasteiger partial charge < -0.3 is 25.7 Å². The lowest BCUT2D eigenvalue weighted by molar-refractivity contribution is -0.132. The van der Waals surface area contributed by atoms with Gasteiger partial charge in [-0.05, 0) is 96.3 Å². The summed E-state index contributed by atoms with van der Waals surface area (Å²) in [5.74, 6) is -0.603. The van der Waals surface area contributed by atoms with Gasteiger partial charge in [-0.25, -0.2) is 0 Å². The molecule has 0 aliphatic carbocycles. The Morgan fingerprint density at radius 2 is 0.672 bits per heavy atom. The highest BCUT2D eigenvalue weighted by Crippen LogP contribution is 2.16. The summed E-state index contributed by atoms with van der Waals surface area (Å²) in [6.07, 6.45) is 71.5. The topological polar surface area (TPSA) is 110 Å². The number of carbonyl (C=O) groups excluding carboxylic acids is 1. The zero-order valence-electron chi connectivity index (χ0n) is 44.4. The maximum atomic E-state index is 12.6. The average molecular weight is 941 g/mol. The Morgan fingerprint density at radius 1 is 0.373 bits per heavy atom. The van der Waals surface area contributed by atoms with Crippen LogP contribution in [0.2, 0.25) is 0 Å². The second kappa shape index (κ2) is 54.9. The van der Waals surface area contributed by atoms with Gasteiger partial charge in [0, 0.05) is 0 Å². The summed E-state index contributed by atoms with van der Waals surface area (Å²) in [5, 5.41) is 44.0. The number of aliphatic hydroxyl groups excluding tert-OH is 4. The molecule has 0 bridgehead atoms. The van der Waals surface area contributed by atoms with Crippen molar-refractivity contribution in [1.82, 2.24) is 5.32 Å². The number of nitrogens with one attached hydrogen (secondary N) is 1. The SMILES string of the molecule is CCCCCCCCCCC/C=C\C/C=C\CCCCCCCCCCC(O)C(=O)NC(CO)C(O)C(O)CCC/C=C/CC/C=C/CC/C=C/CCCCCCCCCCCCCCCC. The second-order valence-corrected chi connectivity index (χ2v) is 20.0. The smallest absolute Gasteiger partial charge is 0.249 e. The number of carbonyl (C=O) groups is 1. The molecule has 6 heteroatoms. The third kappa shape index (κ3) is 48.8. The Bertz CT molecular complexity index is 1150. The average Bonchev–Trinajstić information content (AvgIpc) is 3.33. The lowest BCUT2D eigenvalue weighted by atomic mass is 10.00. The molecule has 0 aliphatic rings. The van der Waals surface area contributed by atoms with Crippen LogP contribution in [0, 0.1) is 0 Å². The minimum atomic E-state index is -1.30.